The van der Waals surface area contributed by atoms with Gasteiger partial charge in [0, 0.05) is 12.6 Å². The van der Waals surface area contributed by atoms with E-state index in [4.69, 9.17) is 20.8 Å². The average molecular weight is 413 g/mol. The van der Waals surface area contributed by atoms with Crippen LogP contribution in [0, 0.1) is 0 Å². The van der Waals surface area contributed by atoms with E-state index in [1.807, 2.05) is 60.1 Å². The summed E-state index contributed by atoms with van der Waals surface area (Å²) in [5, 5.41) is 9.75. The van der Waals surface area contributed by atoms with Crippen LogP contribution in [0.3, 0.4) is 0 Å². The maximum absolute atomic E-state index is 6.11. The van der Waals surface area contributed by atoms with Gasteiger partial charge in [0.25, 0.3) is 0 Å². The Labute approximate surface area is 171 Å². The molecule has 2 aromatic carbocycles. The van der Waals surface area contributed by atoms with E-state index in [0.717, 1.165) is 16.5 Å². The van der Waals surface area contributed by atoms with E-state index in [1.165, 1.54) is 11.8 Å². The number of thioether (sulfide) groups is 1. The summed E-state index contributed by atoms with van der Waals surface area (Å²) >= 11 is 7.62. The largest absolute Gasteiger partial charge is 0.484 e. The molecular formula is C20H17ClN4O2S. The minimum Gasteiger partial charge on any atom is -0.484 e. The molecule has 28 heavy (non-hydrogen) atoms. The van der Waals surface area contributed by atoms with Gasteiger partial charge in [0.1, 0.15) is 12.4 Å². The number of hydrogen-bond donors (Lipinski definition) is 0. The Hall–Kier alpha value is -2.77. The fourth-order valence-corrected chi connectivity index (χ4v) is 3.51. The van der Waals surface area contributed by atoms with Gasteiger partial charge in [-0.15, -0.1) is 10.2 Å². The molecule has 0 aliphatic rings. The zero-order valence-corrected chi connectivity index (χ0v) is 16.7. The molecule has 0 unspecified atom stereocenters. The highest BCUT2D eigenvalue weighted by Crippen LogP contribution is 2.26. The van der Waals surface area contributed by atoms with Crippen LogP contribution in [0.4, 0.5) is 0 Å². The number of benzene rings is 2. The Morgan fingerprint density at radius 2 is 1.86 bits per heavy atom. The molecule has 4 aromatic rings. The molecule has 0 atom stereocenters. The van der Waals surface area contributed by atoms with Crippen LogP contribution < -0.4 is 4.74 Å². The predicted octanol–water partition coefficient (Wildman–Crippen LogP) is 4.99. The summed E-state index contributed by atoms with van der Waals surface area (Å²) in [5.41, 5.74) is 1.00. The van der Waals surface area contributed by atoms with Crippen molar-refractivity contribution in [2.24, 2.45) is 7.05 Å². The van der Waals surface area contributed by atoms with Crippen molar-refractivity contribution in [1.29, 1.82) is 0 Å². The first-order valence-corrected chi connectivity index (χ1v) is 9.95. The van der Waals surface area contributed by atoms with Crippen molar-refractivity contribution in [3.8, 4) is 17.1 Å². The molecule has 0 N–H and O–H groups in total. The zero-order valence-electron chi connectivity index (χ0n) is 15.1. The van der Waals surface area contributed by atoms with Gasteiger partial charge in [-0.05, 0) is 12.1 Å². The molecule has 0 amide bonds. The summed E-state index contributed by atoms with van der Waals surface area (Å²) in [4.78, 5) is 4.35. The van der Waals surface area contributed by atoms with Gasteiger partial charge in [0.05, 0.1) is 17.0 Å². The van der Waals surface area contributed by atoms with Crippen LogP contribution in [0.2, 0.25) is 5.02 Å². The van der Waals surface area contributed by atoms with Gasteiger partial charge in [-0.2, -0.15) is 0 Å². The van der Waals surface area contributed by atoms with Crippen LogP contribution in [-0.2, 0) is 19.4 Å². The highest BCUT2D eigenvalue weighted by atomic mass is 35.5. The molecule has 8 heteroatoms. The monoisotopic (exact) mass is 412 g/mol. The van der Waals surface area contributed by atoms with Crippen molar-refractivity contribution in [3.05, 3.63) is 77.5 Å². The highest BCUT2D eigenvalue weighted by molar-refractivity contribution is 7.98. The van der Waals surface area contributed by atoms with Crippen molar-refractivity contribution >= 4 is 23.4 Å². The van der Waals surface area contributed by atoms with E-state index in [0.29, 0.717) is 28.2 Å². The summed E-state index contributed by atoms with van der Waals surface area (Å²) in [5.74, 6) is 3.28. The molecule has 0 saturated carbocycles. The lowest BCUT2D eigenvalue weighted by Crippen LogP contribution is -2.04. The van der Waals surface area contributed by atoms with Crippen LogP contribution >= 0.6 is 23.4 Å². The second-order valence-electron chi connectivity index (χ2n) is 5.95. The first-order chi connectivity index (χ1) is 13.7. The first-order valence-electron chi connectivity index (χ1n) is 8.59. The quantitative estimate of drug-likeness (QED) is 0.398. The van der Waals surface area contributed by atoms with Gasteiger partial charge in [0.2, 0.25) is 5.89 Å². The van der Waals surface area contributed by atoms with Crippen molar-refractivity contribution in [2.75, 3.05) is 0 Å². The fraction of sp³-hybridized carbons (Fsp3) is 0.150. The Kier molecular flexibility index (Phi) is 5.64. The van der Waals surface area contributed by atoms with Gasteiger partial charge in [-0.1, -0.05) is 65.8 Å². The molecule has 0 spiro atoms. The number of aromatic nitrogens is 4. The number of para-hydroxylation sites is 1. The second-order valence-corrected chi connectivity index (χ2v) is 7.30. The molecule has 2 heterocycles. The Morgan fingerprint density at radius 3 is 2.68 bits per heavy atom. The predicted molar refractivity (Wildman–Crippen MR) is 108 cm³/mol. The fourth-order valence-electron chi connectivity index (χ4n) is 2.54. The van der Waals surface area contributed by atoms with Crippen LogP contribution in [0.15, 0.2) is 70.4 Å². The maximum atomic E-state index is 6.11. The van der Waals surface area contributed by atoms with Crippen molar-refractivity contribution in [3.63, 3.8) is 0 Å². The minimum atomic E-state index is 0.283. The van der Waals surface area contributed by atoms with Crippen LogP contribution in [0.25, 0.3) is 11.3 Å². The number of ether oxygens (including phenoxy) is 1. The molecule has 0 saturated heterocycles. The lowest BCUT2D eigenvalue weighted by Gasteiger charge is -2.07. The van der Waals surface area contributed by atoms with Crippen LogP contribution in [0.5, 0.6) is 5.75 Å². The minimum absolute atomic E-state index is 0.283. The molecule has 2 aromatic heterocycles. The summed E-state index contributed by atoms with van der Waals surface area (Å²) < 4.78 is 13.5. The molecule has 0 bridgehead atoms. The number of oxazole rings is 1. The van der Waals surface area contributed by atoms with Crippen molar-refractivity contribution < 1.29 is 9.15 Å². The number of nitrogens with zero attached hydrogens (tertiary/aromatic N) is 4. The number of hydrogen-bond acceptors (Lipinski definition) is 6. The molecule has 0 radical (unpaired) electrons. The highest BCUT2D eigenvalue weighted by Gasteiger charge is 2.13. The second kappa shape index (κ2) is 8.50. The SMILES string of the molecule is Cn1c(COc2ccccc2Cl)nnc1SCc1ncc(-c2ccccc2)o1. The molecule has 4 rings (SSSR count). The smallest absolute Gasteiger partial charge is 0.205 e. The Balaban J connectivity index is 1.37. The lowest BCUT2D eigenvalue weighted by molar-refractivity contribution is 0.290. The van der Waals surface area contributed by atoms with E-state index < -0.39 is 0 Å². The van der Waals surface area contributed by atoms with E-state index in [-0.39, 0.29) is 6.61 Å². The third-order valence-electron chi connectivity index (χ3n) is 4.06. The standard InChI is InChI=1S/C20H17ClN4O2S/c1-25-18(12-26-16-10-6-5-9-15(16)21)23-24-20(25)28-13-19-22-11-17(27-19)14-7-3-2-4-8-14/h2-11H,12-13H2,1H3. The van der Waals surface area contributed by atoms with Crippen LogP contribution in [-0.4, -0.2) is 19.7 Å². The van der Waals surface area contributed by atoms with Gasteiger partial charge in [0.15, 0.2) is 16.7 Å². The molecule has 0 aliphatic heterocycles. The normalized spacial score (nSPS) is 10.9. The van der Waals surface area contributed by atoms with E-state index in [1.54, 1.807) is 12.3 Å². The third-order valence-corrected chi connectivity index (χ3v) is 5.37. The van der Waals surface area contributed by atoms with Crippen LogP contribution in [0.1, 0.15) is 11.7 Å². The topological polar surface area (TPSA) is 66.0 Å². The van der Waals surface area contributed by atoms with E-state index in [9.17, 15) is 0 Å². The van der Waals surface area contributed by atoms with Crippen molar-refractivity contribution in [2.45, 2.75) is 17.5 Å². The average Bonchev–Trinajstić information content (AvgIpc) is 3.33. The molecular weight excluding hydrogens is 396 g/mol. The van der Waals surface area contributed by atoms with Gasteiger partial charge in [-0.3, -0.25) is 0 Å². The van der Waals surface area contributed by atoms with Gasteiger partial charge < -0.3 is 13.7 Å². The molecule has 6 nitrogen and oxygen atoms in total. The maximum Gasteiger partial charge on any atom is 0.205 e. The molecule has 142 valence electrons. The van der Waals surface area contributed by atoms with E-state index in [2.05, 4.69) is 15.2 Å². The number of halogens is 1. The first kappa shape index (κ1) is 18.6. The lowest BCUT2D eigenvalue weighted by atomic mass is 10.2. The summed E-state index contributed by atoms with van der Waals surface area (Å²) in [6.45, 7) is 0.283. The Bertz CT molecular complexity index is 1070. The van der Waals surface area contributed by atoms with Gasteiger partial charge >= 0.3 is 0 Å². The summed E-state index contributed by atoms with van der Waals surface area (Å²) in [7, 11) is 1.90. The Morgan fingerprint density at radius 1 is 1.07 bits per heavy atom. The van der Waals surface area contributed by atoms with Gasteiger partial charge in [-0.25, -0.2) is 4.98 Å². The zero-order chi connectivity index (χ0) is 19.3. The third kappa shape index (κ3) is 4.21. The van der Waals surface area contributed by atoms with Crippen molar-refractivity contribution in [1.82, 2.24) is 19.7 Å². The molecule has 0 fully saturated rings. The number of rotatable bonds is 7. The summed E-state index contributed by atoms with van der Waals surface area (Å²) in [6.07, 6.45) is 1.74. The van der Waals surface area contributed by atoms with E-state index >= 15 is 0 Å². The summed E-state index contributed by atoms with van der Waals surface area (Å²) in [6, 6.07) is 17.2. The molecule has 0 aliphatic carbocycles.